The molecule has 5 heteroatoms. The van der Waals surface area contributed by atoms with Crippen molar-refractivity contribution in [1.82, 2.24) is 14.5 Å². The van der Waals surface area contributed by atoms with Crippen molar-refractivity contribution < 1.29 is 4.74 Å². The van der Waals surface area contributed by atoms with Crippen molar-refractivity contribution in [1.29, 1.82) is 0 Å². The number of hydrogen-bond acceptors (Lipinski definition) is 3. The number of aromatic nitrogens is 2. The van der Waals surface area contributed by atoms with Gasteiger partial charge in [-0.05, 0) is 15.9 Å². The van der Waals surface area contributed by atoms with E-state index in [9.17, 15) is 0 Å². The summed E-state index contributed by atoms with van der Waals surface area (Å²) in [5, 5.41) is 0. The maximum Gasteiger partial charge on any atom is 0.123 e. The van der Waals surface area contributed by atoms with Crippen molar-refractivity contribution in [3.8, 4) is 0 Å². The lowest BCUT2D eigenvalue weighted by molar-refractivity contribution is 0.0327. The number of hydrogen-bond donors (Lipinski definition) is 0. The molecule has 0 bridgehead atoms. The summed E-state index contributed by atoms with van der Waals surface area (Å²) in [7, 11) is 2.02. The van der Waals surface area contributed by atoms with E-state index in [4.69, 9.17) is 4.74 Å². The molecule has 14 heavy (non-hydrogen) atoms. The molecular weight excluding hydrogens is 246 g/mol. The van der Waals surface area contributed by atoms with E-state index in [2.05, 4.69) is 30.4 Å². The van der Waals surface area contributed by atoms with Crippen molar-refractivity contribution in [2.75, 3.05) is 26.3 Å². The van der Waals surface area contributed by atoms with Crippen LogP contribution in [0.4, 0.5) is 0 Å². The van der Waals surface area contributed by atoms with Gasteiger partial charge < -0.3 is 9.30 Å². The molecule has 2 heterocycles. The van der Waals surface area contributed by atoms with Crippen LogP contribution in [-0.4, -0.2) is 40.8 Å². The Labute approximate surface area is 92.0 Å². The number of nitrogens with zero attached hydrogens (tertiary/aromatic N) is 3. The van der Waals surface area contributed by atoms with Gasteiger partial charge in [0.15, 0.2) is 0 Å². The predicted octanol–water partition coefficient (Wildman–Crippen LogP) is 1.01. The van der Waals surface area contributed by atoms with Crippen LogP contribution in [0, 0.1) is 0 Å². The molecule has 0 saturated carbocycles. The quantitative estimate of drug-likeness (QED) is 0.795. The standard InChI is InChI=1S/C9H14BrN3O/c1-12-8(10)6-11-9(12)7-13-2-4-14-5-3-13/h6H,2-5,7H2,1H3. The van der Waals surface area contributed by atoms with E-state index in [-0.39, 0.29) is 0 Å². The molecule has 1 saturated heterocycles. The lowest BCUT2D eigenvalue weighted by Crippen LogP contribution is -2.36. The third-order valence-electron chi connectivity index (χ3n) is 2.50. The lowest BCUT2D eigenvalue weighted by Gasteiger charge is -2.26. The molecule has 0 radical (unpaired) electrons. The summed E-state index contributed by atoms with van der Waals surface area (Å²) in [6.07, 6.45) is 1.84. The van der Waals surface area contributed by atoms with Gasteiger partial charge in [0.05, 0.1) is 26.0 Å². The van der Waals surface area contributed by atoms with Crippen LogP contribution in [0.25, 0.3) is 0 Å². The van der Waals surface area contributed by atoms with Crippen LogP contribution < -0.4 is 0 Å². The number of halogens is 1. The smallest absolute Gasteiger partial charge is 0.123 e. The summed E-state index contributed by atoms with van der Waals surface area (Å²) >= 11 is 3.44. The first kappa shape index (κ1) is 10.1. The molecule has 0 N–H and O–H groups in total. The molecule has 1 aliphatic rings. The molecule has 1 aliphatic heterocycles. The Morgan fingerprint density at radius 1 is 1.50 bits per heavy atom. The number of morpholine rings is 1. The highest BCUT2D eigenvalue weighted by Gasteiger charge is 2.13. The molecular formula is C9H14BrN3O. The van der Waals surface area contributed by atoms with Gasteiger partial charge in [0, 0.05) is 20.1 Å². The minimum absolute atomic E-state index is 0.839. The zero-order valence-electron chi connectivity index (χ0n) is 8.24. The minimum atomic E-state index is 0.839. The zero-order chi connectivity index (χ0) is 9.97. The van der Waals surface area contributed by atoms with E-state index in [1.165, 1.54) is 0 Å². The Morgan fingerprint density at radius 3 is 2.79 bits per heavy atom. The highest BCUT2D eigenvalue weighted by molar-refractivity contribution is 9.10. The van der Waals surface area contributed by atoms with Gasteiger partial charge in [-0.15, -0.1) is 0 Å². The van der Waals surface area contributed by atoms with Crippen LogP contribution in [0.15, 0.2) is 10.8 Å². The first-order chi connectivity index (χ1) is 6.77. The molecule has 78 valence electrons. The van der Waals surface area contributed by atoms with E-state index in [0.29, 0.717) is 0 Å². The highest BCUT2D eigenvalue weighted by atomic mass is 79.9. The topological polar surface area (TPSA) is 30.3 Å². The molecule has 0 aliphatic carbocycles. The SMILES string of the molecule is Cn1c(Br)cnc1CN1CCOCC1. The number of ether oxygens (including phenoxy) is 1. The summed E-state index contributed by atoms with van der Waals surface area (Å²) < 4.78 is 8.39. The van der Waals surface area contributed by atoms with Gasteiger partial charge in [-0.3, -0.25) is 4.90 Å². The number of rotatable bonds is 2. The van der Waals surface area contributed by atoms with E-state index < -0.39 is 0 Å². The average molecular weight is 260 g/mol. The third-order valence-corrected chi connectivity index (χ3v) is 3.23. The van der Waals surface area contributed by atoms with E-state index >= 15 is 0 Å². The Kier molecular flexibility index (Phi) is 3.20. The van der Waals surface area contributed by atoms with E-state index in [1.54, 1.807) is 0 Å². The maximum atomic E-state index is 5.29. The molecule has 0 unspecified atom stereocenters. The normalized spacial score (nSPS) is 18.7. The van der Waals surface area contributed by atoms with Crippen LogP contribution in [0.5, 0.6) is 0 Å². The summed E-state index contributed by atoms with van der Waals surface area (Å²) in [5.41, 5.74) is 0. The second-order valence-corrected chi connectivity index (χ2v) is 4.26. The van der Waals surface area contributed by atoms with Gasteiger partial charge in [0.25, 0.3) is 0 Å². The Hall–Kier alpha value is -0.390. The molecule has 0 aromatic carbocycles. The third kappa shape index (κ3) is 2.16. The monoisotopic (exact) mass is 259 g/mol. The van der Waals surface area contributed by atoms with E-state index in [0.717, 1.165) is 43.3 Å². The summed E-state index contributed by atoms with van der Waals surface area (Å²) in [6.45, 7) is 4.59. The van der Waals surface area contributed by atoms with E-state index in [1.807, 2.05) is 13.2 Å². The van der Waals surface area contributed by atoms with Crippen LogP contribution in [0.1, 0.15) is 5.82 Å². The van der Waals surface area contributed by atoms with Gasteiger partial charge in [0.2, 0.25) is 0 Å². The predicted molar refractivity (Wildman–Crippen MR) is 57.0 cm³/mol. The Morgan fingerprint density at radius 2 is 2.21 bits per heavy atom. The first-order valence-electron chi connectivity index (χ1n) is 4.73. The van der Waals surface area contributed by atoms with Gasteiger partial charge in [-0.2, -0.15) is 0 Å². The molecule has 1 fully saturated rings. The number of imidazole rings is 1. The van der Waals surface area contributed by atoms with Crippen LogP contribution in [0.2, 0.25) is 0 Å². The highest BCUT2D eigenvalue weighted by Crippen LogP contribution is 2.12. The molecule has 0 spiro atoms. The lowest BCUT2D eigenvalue weighted by atomic mass is 10.4. The fourth-order valence-corrected chi connectivity index (χ4v) is 1.84. The van der Waals surface area contributed by atoms with Gasteiger partial charge in [-0.1, -0.05) is 0 Å². The van der Waals surface area contributed by atoms with Crippen LogP contribution in [0.3, 0.4) is 0 Å². The van der Waals surface area contributed by atoms with Crippen molar-refractivity contribution in [2.24, 2.45) is 7.05 Å². The second kappa shape index (κ2) is 4.42. The largest absolute Gasteiger partial charge is 0.379 e. The van der Waals surface area contributed by atoms with Gasteiger partial charge >= 0.3 is 0 Å². The molecule has 1 aromatic rings. The Bertz CT molecular complexity index is 307. The van der Waals surface area contributed by atoms with Gasteiger partial charge in [0.1, 0.15) is 10.4 Å². The van der Waals surface area contributed by atoms with Crippen molar-refractivity contribution >= 4 is 15.9 Å². The van der Waals surface area contributed by atoms with Gasteiger partial charge in [-0.25, -0.2) is 4.98 Å². The molecule has 1 aromatic heterocycles. The average Bonchev–Trinajstić information content (AvgIpc) is 2.52. The summed E-state index contributed by atoms with van der Waals surface area (Å²) in [6, 6.07) is 0. The molecule has 0 amide bonds. The summed E-state index contributed by atoms with van der Waals surface area (Å²) in [5.74, 6) is 1.10. The van der Waals surface area contributed by atoms with Crippen molar-refractivity contribution in [3.63, 3.8) is 0 Å². The maximum absolute atomic E-state index is 5.29. The van der Waals surface area contributed by atoms with Crippen LogP contribution >= 0.6 is 15.9 Å². The first-order valence-corrected chi connectivity index (χ1v) is 5.53. The molecule has 0 atom stereocenters. The fourth-order valence-electron chi connectivity index (χ4n) is 1.53. The zero-order valence-corrected chi connectivity index (χ0v) is 9.83. The van der Waals surface area contributed by atoms with Crippen LogP contribution in [-0.2, 0) is 18.3 Å². The minimum Gasteiger partial charge on any atom is -0.379 e. The second-order valence-electron chi connectivity index (χ2n) is 3.44. The Balaban J connectivity index is 1.99. The summed E-state index contributed by atoms with van der Waals surface area (Å²) in [4.78, 5) is 6.70. The molecule has 2 rings (SSSR count). The molecule has 4 nitrogen and oxygen atoms in total. The van der Waals surface area contributed by atoms with Crippen molar-refractivity contribution in [3.05, 3.63) is 16.6 Å². The van der Waals surface area contributed by atoms with Crippen molar-refractivity contribution in [2.45, 2.75) is 6.54 Å². The fraction of sp³-hybridized carbons (Fsp3) is 0.667.